The zero-order chi connectivity index (χ0) is 35.3. The number of fused-ring (bicyclic) bond motifs is 1. The maximum Gasteiger partial charge on any atom is 0.313 e. The SMILES string of the molecule is C=CCCC(=O)N[C@H](COC)[C@H](OC(=O)[C@@H]1[C@@H]2CC[C@]3(O2)[C@H](C(=O)N(CC=C)c2ccc(Cl)cc2)N([C@H](C)CO)C(=O)[C@@H]13)c1ccccc1. The molecule has 2 aromatic rings. The second-order valence-corrected chi connectivity index (χ2v) is 13.2. The van der Waals surface area contributed by atoms with Crippen molar-refractivity contribution in [3.8, 4) is 0 Å². The molecular formula is C37H44ClN3O8. The number of carbonyl (C=O) groups is 4. The number of rotatable bonds is 16. The number of hydrogen-bond donors (Lipinski definition) is 2. The molecule has 0 aromatic heterocycles. The number of anilines is 1. The fourth-order valence-electron chi connectivity index (χ4n) is 7.55. The van der Waals surface area contributed by atoms with E-state index in [4.69, 9.17) is 25.8 Å². The van der Waals surface area contributed by atoms with E-state index in [1.807, 2.05) is 6.07 Å². The van der Waals surface area contributed by atoms with Crippen molar-refractivity contribution in [3.63, 3.8) is 0 Å². The number of nitrogens with zero attached hydrogens (tertiary/aromatic N) is 2. The number of aliphatic hydroxyl groups is 1. The molecule has 1 spiro atoms. The first kappa shape index (κ1) is 36.3. The van der Waals surface area contributed by atoms with E-state index in [9.17, 15) is 24.3 Å². The molecule has 262 valence electrons. The Morgan fingerprint density at radius 1 is 1.16 bits per heavy atom. The Hall–Kier alpha value is -4.03. The van der Waals surface area contributed by atoms with Crippen LogP contribution in [0.3, 0.4) is 0 Å². The van der Waals surface area contributed by atoms with Gasteiger partial charge < -0.3 is 34.4 Å². The standard InChI is InChI=1S/C37H44ClN3O8/c1-5-7-13-29(43)39-27(22-47-4)32(24-11-9-8-10-12-24)48-36(46)30-28-18-19-37(49-28)31(30)34(44)41(23(3)21-42)33(37)35(45)40(20-6-2)26-16-14-25(38)15-17-26/h5-6,8-12,14-17,23,27-28,30-33,42H,1-2,7,13,18-22H2,3-4H3,(H,39,43)/t23-,27-,28+,30-,31-,32-,33+,37-/m1/s1. The lowest BCUT2D eigenvalue weighted by molar-refractivity contribution is -0.163. The first-order valence-electron chi connectivity index (χ1n) is 16.5. The molecule has 2 aromatic carbocycles. The molecule has 2 bridgehead atoms. The second kappa shape index (κ2) is 15.7. The molecule has 2 N–H and O–H groups in total. The van der Waals surface area contributed by atoms with Crippen molar-refractivity contribution in [1.82, 2.24) is 10.2 Å². The number of esters is 1. The number of nitrogens with one attached hydrogen (secondary N) is 1. The van der Waals surface area contributed by atoms with Gasteiger partial charge in [0.25, 0.3) is 5.91 Å². The molecule has 8 atom stereocenters. The van der Waals surface area contributed by atoms with Gasteiger partial charge in [-0.05, 0) is 56.0 Å². The summed E-state index contributed by atoms with van der Waals surface area (Å²) in [5.74, 6) is -3.87. The van der Waals surface area contributed by atoms with Gasteiger partial charge in [-0.1, -0.05) is 54.1 Å². The Morgan fingerprint density at radius 2 is 1.88 bits per heavy atom. The number of methoxy groups -OCH3 is 1. The summed E-state index contributed by atoms with van der Waals surface area (Å²) >= 11 is 6.13. The van der Waals surface area contributed by atoms with Crippen LogP contribution < -0.4 is 10.2 Å². The van der Waals surface area contributed by atoms with Gasteiger partial charge in [0.15, 0.2) is 0 Å². The fourth-order valence-corrected chi connectivity index (χ4v) is 7.67. The van der Waals surface area contributed by atoms with Crippen LogP contribution in [0.4, 0.5) is 5.69 Å². The van der Waals surface area contributed by atoms with Crippen LogP contribution in [0.15, 0.2) is 79.9 Å². The predicted molar refractivity (Wildman–Crippen MR) is 184 cm³/mol. The summed E-state index contributed by atoms with van der Waals surface area (Å²) in [6.07, 6.45) is 3.06. The zero-order valence-electron chi connectivity index (χ0n) is 27.8. The molecule has 3 aliphatic heterocycles. The van der Waals surface area contributed by atoms with E-state index in [2.05, 4.69) is 18.5 Å². The highest BCUT2D eigenvalue weighted by Gasteiger charge is 2.75. The van der Waals surface area contributed by atoms with E-state index in [-0.39, 0.29) is 25.5 Å². The number of amides is 3. The third-order valence-electron chi connectivity index (χ3n) is 9.70. The quantitative estimate of drug-likeness (QED) is 0.199. The van der Waals surface area contributed by atoms with Crippen LogP contribution in [0, 0.1) is 11.8 Å². The molecule has 11 nitrogen and oxygen atoms in total. The van der Waals surface area contributed by atoms with E-state index in [0.29, 0.717) is 35.5 Å². The zero-order valence-corrected chi connectivity index (χ0v) is 28.6. The Bertz CT molecular complexity index is 1540. The van der Waals surface area contributed by atoms with E-state index in [0.717, 1.165) is 0 Å². The van der Waals surface area contributed by atoms with Gasteiger partial charge in [-0.15, -0.1) is 13.2 Å². The molecule has 0 unspecified atom stereocenters. The molecular weight excluding hydrogens is 650 g/mol. The third-order valence-corrected chi connectivity index (χ3v) is 9.96. The lowest BCUT2D eigenvalue weighted by Crippen LogP contribution is -2.58. The first-order valence-corrected chi connectivity index (χ1v) is 16.9. The van der Waals surface area contributed by atoms with Crippen LogP contribution >= 0.6 is 11.6 Å². The van der Waals surface area contributed by atoms with Gasteiger partial charge in [-0.2, -0.15) is 0 Å². The highest BCUT2D eigenvalue weighted by atomic mass is 35.5. The average molecular weight is 694 g/mol. The monoisotopic (exact) mass is 693 g/mol. The summed E-state index contributed by atoms with van der Waals surface area (Å²) in [6.45, 7) is 8.94. The summed E-state index contributed by atoms with van der Waals surface area (Å²) < 4.78 is 18.3. The maximum atomic E-state index is 14.6. The topological polar surface area (TPSA) is 135 Å². The van der Waals surface area contributed by atoms with Gasteiger partial charge in [0.2, 0.25) is 11.8 Å². The first-order chi connectivity index (χ1) is 23.6. The molecule has 3 fully saturated rings. The highest BCUT2D eigenvalue weighted by Crippen LogP contribution is 2.59. The predicted octanol–water partition coefficient (Wildman–Crippen LogP) is 4.00. The number of likely N-dealkylation sites (tertiary alicyclic amines) is 1. The molecule has 0 saturated carbocycles. The fraction of sp³-hybridized carbons (Fsp3) is 0.459. The lowest BCUT2D eigenvalue weighted by atomic mass is 9.70. The van der Waals surface area contributed by atoms with Crippen molar-refractivity contribution < 1.29 is 38.5 Å². The minimum absolute atomic E-state index is 0.0474. The Morgan fingerprint density at radius 3 is 2.51 bits per heavy atom. The minimum Gasteiger partial charge on any atom is -0.455 e. The highest BCUT2D eigenvalue weighted by molar-refractivity contribution is 6.30. The summed E-state index contributed by atoms with van der Waals surface area (Å²) in [5.41, 5.74) is -0.151. The molecule has 12 heteroatoms. The number of hydrogen-bond acceptors (Lipinski definition) is 8. The number of aliphatic hydroxyl groups excluding tert-OH is 1. The largest absolute Gasteiger partial charge is 0.455 e. The smallest absolute Gasteiger partial charge is 0.313 e. The number of carbonyl (C=O) groups excluding carboxylic acids is 4. The van der Waals surface area contributed by atoms with E-state index >= 15 is 0 Å². The molecule has 3 heterocycles. The van der Waals surface area contributed by atoms with Crippen molar-refractivity contribution >= 4 is 41.0 Å². The van der Waals surface area contributed by atoms with Crippen molar-refractivity contribution in [2.24, 2.45) is 11.8 Å². The van der Waals surface area contributed by atoms with Gasteiger partial charge in [0.05, 0.1) is 43.2 Å². The molecule has 3 saturated heterocycles. The summed E-state index contributed by atoms with van der Waals surface area (Å²) in [7, 11) is 1.49. The molecule has 5 rings (SSSR count). The number of halogens is 1. The number of allylic oxidation sites excluding steroid dienone is 1. The van der Waals surface area contributed by atoms with Crippen LogP contribution in [0.2, 0.25) is 5.02 Å². The Balaban J connectivity index is 1.50. The lowest BCUT2D eigenvalue weighted by Gasteiger charge is -2.38. The second-order valence-electron chi connectivity index (χ2n) is 12.8. The summed E-state index contributed by atoms with van der Waals surface area (Å²) in [4.78, 5) is 59.1. The third kappa shape index (κ3) is 7.03. The van der Waals surface area contributed by atoms with Gasteiger partial charge in [-0.3, -0.25) is 19.2 Å². The van der Waals surface area contributed by atoms with Gasteiger partial charge in [0, 0.05) is 30.8 Å². The maximum absolute atomic E-state index is 14.6. The van der Waals surface area contributed by atoms with Crippen molar-refractivity contribution in [3.05, 3.63) is 90.5 Å². The molecule has 0 radical (unpaired) electrons. The van der Waals surface area contributed by atoms with Gasteiger partial charge in [-0.25, -0.2) is 0 Å². The van der Waals surface area contributed by atoms with E-state index < -0.39 is 72.2 Å². The van der Waals surface area contributed by atoms with E-state index in [1.165, 1.54) is 16.9 Å². The van der Waals surface area contributed by atoms with Gasteiger partial charge >= 0.3 is 5.97 Å². The van der Waals surface area contributed by atoms with Crippen LogP contribution in [-0.2, 0) is 33.4 Å². The number of ether oxygens (including phenoxy) is 3. The molecule has 0 aliphatic carbocycles. The van der Waals surface area contributed by atoms with E-state index in [1.54, 1.807) is 67.6 Å². The molecule has 3 aliphatic rings. The normalized spacial score (nSPS) is 25.6. The minimum atomic E-state index is -1.33. The Kier molecular flexibility index (Phi) is 11.6. The molecule has 49 heavy (non-hydrogen) atoms. The van der Waals surface area contributed by atoms with Crippen LogP contribution in [0.5, 0.6) is 0 Å². The summed E-state index contributed by atoms with van der Waals surface area (Å²) in [5, 5.41) is 13.7. The number of benzene rings is 2. The van der Waals surface area contributed by atoms with Crippen LogP contribution in [0.1, 0.15) is 44.3 Å². The van der Waals surface area contributed by atoms with Crippen molar-refractivity contribution in [2.45, 2.75) is 68.5 Å². The van der Waals surface area contributed by atoms with Crippen molar-refractivity contribution in [2.75, 3.05) is 31.8 Å². The summed E-state index contributed by atoms with van der Waals surface area (Å²) in [6, 6.07) is 13.2. The van der Waals surface area contributed by atoms with Crippen LogP contribution in [-0.4, -0.2) is 90.4 Å². The van der Waals surface area contributed by atoms with Gasteiger partial charge in [0.1, 0.15) is 17.7 Å². The molecule has 3 amide bonds. The van der Waals surface area contributed by atoms with Crippen molar-refractivity contribution in [1.29, 1.82) is 0 Å². The average Bonchev–Trinajstić information content (AvgIpc) is 3.76. The Labute approximate surface area is 291 Å². The van der Waals surface area contributed by atoms with Crippen LogP contribution in [0.25, 0.3) is 0 Å².